The second kappa shape index (κ2) is 5.86. The molecule has 18 heavy (non-hydrogen) atoms. The molecular formula is C12H17N5S. The van der Waals surface area contributed by atoms with Crippen LogP contribution in [0.25, 0.3) is 0 Å². The zero-order chi connectivity index (χ0) is 13.0. The highest BCUT2D eigenvalue weighted by molar-refractivity contribution is 7.99. The van der Waals surface area contributed by atoms with Crippen molar-refractivity contribution in [1.82, 2.24) is 19.7 Å². The van der Waals surface area contributed by atoms with Crippen LogP contribution in [-0.4, -0.2) is 26.3 Å². The number of nitrogens with zero attached hydrogens (tertiary/aromatic N) is 4. The molecule has 0 unspecified atom stereocenters. The average molecular weight is 263 g/mol. The van der Waals surface area contributed by atoms with Crippen LogP contribution in [0.4, 0.5) is 5.95 Å². The van der Waals surface area contributed by atoms with E-state index in [4.69, 9.17) is 0 Å². The molecular weight excluding hydrogens is 246 g/mol. The average Bonchev–Trinajstić information content (AvgIpc) is 2.76. The standard InChI is InChI=1S/C12H17N5S/c1-4-5-13-12-14-6-9(2)11(16-12)18-10-7-15-17(3)8-10/h6-8H,4-5H2,1-3H3,(H,13,14,16). The number of nitrogens with one attached hydrogen (secondary N) is 1. The third-order valence-electron chi connectivity index (χ3n) is 2.35. The molecule has 5 nitrogen and oxygen atoms in total. The lowest BCUT2D eigenvalue weighted by molar-refractivity contribution is 0.766. The van der Waals surface area contributed by atoms with Crippen LogP contribution in [0.15, 0.2) is 28.5 Å². The predicted molar refractivity (Wildman–Crippen MR) is 72.9 cm³/mol. The summed E-state index contributed by atoms with van der Waals surface area (Å²) < 4.78 is 1.79. The van der Waals surface area contributed by atoms with Crippen LogP contribution in [0.5, 0.6) is 0 Å². The molecule has 6 heteroatoms. The summed E-state index contributed by atoms with van der Waals surface area (Å²) in [6, 6.07) is 0. The first-order valence-electron chi connectivity index (χ1n) is 5.93. The molecule has 1 N–H and O–H groups in total. The quantitative estimate of drug-likeness (QED) is 0.840. The minimum absolute atomic E-state index is 0.689. The summed E-state index contributed by atoms with van der Waals surface area (Å²) in [5.74, 6) is 0.689. The summed E-state index contributed by atoms with van der Waals surface area (Å²) in [7, 11) is 1.91. The Morgan fingerprint density at radius 3 is 2.89 bits per heavy atom. The maximum absolute atomic E-state index is 4.52. The Morgan fingerprint density at radius 1 is 1.39 bits per heavy atom. The second-order valence-electron chi connectivity index (χ2n) is 4.06. The molecule has 0 aliphatic rings. The molecule has 2 aromatic heterocycles. The molecule has 0 fully saturated rings. The van der Waals surface area contributed by atoms with Gasteiger partial charge in [-0.1, -0.05) is 18.7 Å². The lowest BCUT2D eigenvalue weighted by Crippen LogP contribution is -2.05. The number of hydrogen-bond acceptors (Lipinski definition) is 5. The van der Waals surface area contributed by atoms with Crippen molar-refractivity contribution in [2.45, 2.75) is 30.2 Å². The molecule has 0 saturated heterocycles. The Kier molecular flexibility index (Phi) is 4.19. The first-order chi connectivity index (χ1) is 8.69. The highest BCUT2D eigenvalue weighted by Crippen LogP contribution is 2.28. The molecule has 0 spiro atoms. The normalized spacial score (nSPS) is 10.6. The smallest absolute Gasteiger partial charge is 0.223 e. The highest BCUT2D eigenvalue weighted by atomic mass is 32.2. The Hall–Kier alpha value is -1.56. The van der Waals surface area contributed by atoms with Crippen molar-refractivity contribution in [3.8, 4) is 0 Å². The lowest BCUT2D eigenvalue weighted by atomic mass is 10.4. The molecule has 2 aromatic rings. The van der Waals surface area contributed by atoms with Crippen LogP contribution < -0.4 is 5.32 Å². The van der Waals surface area contributed by atoms with Crippen LogP contribution in [0.1, 0.15) is 18.9 Å². The Balaban J connectivity index is 2.15. The summed E-state index contributed by atoms with van der Waals surface area (Å²) in [4.78, 5) is 9.87. The minimum Gasteiger partial charge on any atom is -0.354 e. The van der Waals surface area contributed by atoms with Crippen molar-refractivity contribution in [2.24, 2.45) is 7.05 Å². The monoisotopic (exact) mass is 263 g/mol. The van der Waals surface area contributed by atoms with E-state index in [1.54, 1.807) is 16.4 Å². The van der Waals surface area contributed by atoms with E-state index < -0.39 is 0 Å². The van der Waals surface area contributed by atoms with Crippen LogP contribution in [0, 0.1) is 6.92 Å². The van der Waals surface area contributed by atoms with E-state index in [-0.39, 0.29) is 0 Å². The lowest BCUT2D eigenvalue weighted by Gasteiger charge is -2.06. The van der Waals surface area contributed by atoms with E-state index in [1.165, 1.54) is 0 Å². The highest BCUT2D eigenvalue weighted by Gasteiger charge is 2.07. The number of anilines is 1. The SMILES string of the molecule is CCCNc1ncc(C)c(Sc2cnn(C)c2)n1. The van der Waals surface area contributed by atoms with Crippen molar-refractivity contribution in [3.05, 3.63) is 24.2 Å². The predicted octanol–water partition coefficient (Wildman–Crippen LogP) is 2.49. The van der Waals surface area contributed by atoms with E-state index in [1.807, 2.05) is 32.6 Å². The third kappa shape index (κ3) is 3.22. The van der Waals surface area contributed by atoms with Crippen molar-refractivity contribution < 1.29 is 0 Å². The summed E-state index contributed by atoms with van der Waals surface area (Å²) in [6.45, 7) is 5.02. The number of rotatable bonds is 5. The van der Waals surface area contributed by atoms with Gasteiger partial charge in [0.2, 0.25) is 5.95 Å². The van der Waals surface area contributed by atoms with Gasteiger partial charge in [0.25, 0.3) is 0 Å². The summed E-state index contributed by atoms with van der Waals surface area (Å²) >= 11 is 1.61. The van der Waals surface area contributed by atoms with Gasteiger partial charge >= 0.3 is 0 Å². The minimum atomic E-state index is 0.689. The molecule has 0 aliphatic heterocycles. The Morgan fingerprint density at radius 2 is 2.22 bits per heavy atom. The van der Waals surface area contributed by atoms with E-state index in [0.717, 1.165) is 28.5 Å². The van der Waals surface area contributed by atoms with Crippen molar-refractivity contribution >= 4 is 17.7 Å². The van der Waals surface area contributed by atoms with Gasteiger partial charge in [-0.2, -0.15) is 5.10 Å². The molecule has 0 aliphatic carbocycles. The van der Waals surface area contributed by atoms with Gasteiger partial charge in [-0.25, -0.2) is 9.97 Å². The van der Waals surface area contributed by atoms with Crippen molar-refractivity contribution in [1.29, 1.82) is 0 Å². The largest absolute Gasteiger partial charge is 0.354 e. The molecule has 0 saturated carbocycles. The van der Waals surface area contributed by atoms with Crippen LogP contribution in [-0.2, 0) is 7.05 Å². The molecule has 2 heterocycles. The van der Waals surface area contributed by atoms with E-state index >= 15 is 0 Å². The van der Waals surface area contributed by atoms with Gasteiger partial charge in [0.05, 0.1) is 11.1 Å². The molecule has 0 aromatic carbocycles. The van der Waals surface area contributed by atoms with Crippen molar-refractivity contribution in [3.63, 3.8) is 0 Å². The molecule has 96 valence electrons. The van der Waals surface area contributed by atoms with Crippen LogP contribution in [0.3, 0.4) is 0 Å². The van der Waals surface area contributed by atoms with Gasteiger partial charge < -0.3 is 5.32 Å². The van der Waals surface area contributed by atoms with Crippen molar-refractivity contribution in [2.75, 3.05) is 11.9 Å². The zero-order valence-electron chi connectivity index (χ0n) is 10.8. The first-order valence-corrected chi connectivity index (χ1v) is 6.74. The summed E-state index contributed by atoms with van der Waals surface area (Å²) in [5.41, 5.74) is 1.07. The third-order valence-corrected chi connectivity index (χ3v) is 3.41. The Bertz CT molecular complexity index is 523. The number of aryl methyl sites for hydroxylation is 2. The molecule has 0 atom stereocenters. The van der Waals surface area contributed by atoms with Gasteiger partial charge in [-0.3, -0.25) is 4.68 Å². The second-order valence-corrected chi connectivity index (χ2v) is 5.12. The number of aromatic nitrogens is 4. The molecule has 2 rings (SSSR count). The first kappa shape index (κ1) is 12.9. The zero-order valence-corrected chi connectivity index (χ0v) is 11.7. The van der Waals surface area contributed by atoms with E-state index in [0.29, 0.717) is 5.95 Å². The fourth-order valence-corrected chi connectivity index (χ4v) is 2.29. The molecule has 0 radical (unpaired) electrons. The number of hydrogen-bond donors (Lipinski definition) is 1. The molecule has 0 bridgehead atoms. The van der Waals surface area contributed by atoms with Gasteiger partial charge in [-0.05, 0) is 13.3 Å². The van der Waals surface area contributed by atoms with Gasteiger partial charge in [0.15, 0.2) is 0 Å². The van der Waals surface area contributed by atoms with Gasteiger partial charge in [0, 0.05) is 31.5 Å². The van der Waals surface area contributed by atoms with Gasteiger partial charge in [-0.15, -0.1) is 0 Å². The fraction of sp³-hybridized carbons (Fsp3) is 0.417. The maximum Gasteiger partial charge on any atom is 0.223 e. The summed E-state index contributed by atoms with van der Waals surface area (Å²) in [6.07, 6.45) is 6.72. The van der Waals surface area contributed by atoms with E-state index in [2.05, 4.69) is 27.3 Å². The maximum atomic E-state index is 4.52. The van der Waals surface area contributed by atoms with Crippen LogP contribution >= 0.6 is 11.8 Å². The Labute approximate surface area is 111 Å². The van der Waals surface area contributed by atoms with Gasteiger partial charge in [0.1, 0.15) is 5.03 Å². The summed E-state index contributed by atoms with van der Waals surface area (Å²) in [5, 5.41) is 8.32. The van der Waals surface area contributed by atoms with E-state index in [9.17, 15) is 0 Å². The molecule has 0 amide bonds. The van der Waals surface area contributed by atoms with Crippen LogP contribution in [0.2, 0.25) is 0 Å². The topological polar surface area (TPSA) is 55.6 Å². The fourth-order valence-electron chi connectivity index (χ4n) is 1.41.